The van der Waals surface area contributed by atoms with Crippen LogP contribution in [0.4, 0.5) is 0 Å². The van der Waals surface area contributed by atoms with Crippen LogP contribution in [-0.2, 0) is 0 Å². The molecule has 2 aromatic carbocycles. The predicted molar refractivity (Wildman–Crippen MR) is 75.6 cm³/mol. The zero-order valence-electron chi connectivity index (χ0n) is 10.7. The highest BCUT2D eigenvalue weighted by Crippen LogP contribution is 2.22. The number of hydrogen-bond donors (Lipinski definition) is 1. The van der Waals surface area contributed by atoms with Crippen molar-refractivity contribution in [2.24, 2.45) is 5.73 Å². The summed E-state index contributed by atoms with van der Waals surface area (Å²) in [4.78, 5) is 0. The summed E-state index contributed by atoms with van der Waals surface area (Å²) in [5, 5.41) is 0. The molecular weight excluding hydrogens is 222 g/mol. The lowest BCUT2D eigenvalue weighted by molar-refractivity contribution is 0.214. The van der Waals surface area contributed by atoms with Crippen LogP contribution in [0.1, 0.15) is 13.3 Å². The van der Waals surface area contributed by atoms with Crippen LogP contribution < -0.4 is 10.5 Å². The molecule has 0 aromatic heterocycles. The van der Waals surface area contributed by atoms with E-state index in [4.69, 9.17) is 10.5 Å². The molecule has 0 amide bonds. The van der Waals surface area contributed by atoms with Crippen molar-refractivity contribution in [1.82, 2.24) is 0 Å². The van der Waals surface area contributed by atoms with Crippen LogP contribution >= 0.6 is 0 Å². The van der Waals surface area contributed by atoms with E-state index < -0.39 is 0 Å². The van der Waals surface area contributed by atoms with Crippen molar-refractivity contribution in [1.29, 1.82) is 0 Å². The Bertz CT molecular complexity index is 464. The number of benzene rings is 2. The van der Waals surface area contributed by atoms with Crippen molar-refractivity contribution in [2.75, 3.05) is 6.54 Å². The Balaban J connectivity index is 2.06. The molecule has 0 saturated heterocycles. The quantitative estimate of drug-likeness (QED) is 0.870. The maximum absolute atomic E-state index is 5.77. The van der Waals surface area contributed by atoms with Crippen molar-refractivity contribution >= 4 is 0 Å². The Labute approximate surface area is 108 Å². The maximum Gasteiger partial charge on any atom is 0.119 e. The third-order valence-corrected chi connectivity index (χ3v) is 2.87. The summed E-state index contributed by atoms with van der Waals surface area (Å²) >= 11 is 0. The Hall–Kier alpha value is -1.80. The van der Waals surface area contributed by atoms with Crippen molar-refractivity contribution in [2.45, 2.75) is 19.4 Å². The minimum Gasteiger partial charge on any atom is -0.491 e. The molecule has 0 radical (unpaired) electrons. The van der Waals surface area contributed by atoms with E-state index in [9.17, 15) is 0 Å². The smallest absolute Gasteiger partial charge is 0.119 e. The van der Waals surface area contributed by atoms with Crippen molar-refractivity contribution in [3.05, 3.63) is 54.6 Å². The lowest BCUT2D eigenvalue weighted by atomic mass is 10.1. The molecule has 2 heteroatoms. The van der Waals surface area contributed by atoms with Gasteiger partial charge in [-0.1, -0.05) is 42.5 Å². The van der Waals surface area contributed by atoms with Gasteiger partial charge in [0, 0.05) is 0 Å². The largest absolute Gasteiger partial charge is 0.491 e. The highest BCUT2D eigenvalue weighted by Gasteiger charge is 2.03. The minimum absolute atomic E-state index is 0.164. The standard InChI is InChI=1S/C16H19NO/c1-13(11-12-17)18-16-9-7-15(8-10-16)14-5-3-2-4-6-14/h2-10,13H,11-12,17H2,1H3. The van der Waals surface area contributed by atoms with Crippen molar-refractivity contribution in [3.63, 3.8) is 0 Å². The van der Waals surface area contributed by atoms with Gasteiger partial charge in [0.2, 0.25) is 0 Å². The zero-order chi connectivity index (χ0) is 12.8. The fraction of sp³-hybridized carbons (Fsp3) is 0.250. The molecule has 18 heavy (non-hydrogen) atoms. The summed E-state index contributed by atoms with van der Waals surface area (Å²) in [6.45, 7) is 2.70. The lowest BCUT2D eigenvalue weighted by Gasteiger charge is -2.13. The first-order valence-corrected chi connectivity index (χ1v) is 6.32. The predicted octanol–water partition coefficient (Wildman–Crippen LogP) is 3.47. The first-order chi connectivity index (χ1) is 8.79. The molecule has 2 nitrogen and oxygen atoms in total. The van der Waals surface area contributed by atoms with Crippen LogP contribution in [0.15, 0.2) is 54.6 Å². The fourth-order valence-corrected chi connectivity index (χ4v) is 1.88. The Morgan fingerprint density at radius 1 is 0.944 bits per heavy atom. The summed E-state index contributed by atoms with van der Waals surface area (Å²) in [5.74, 6) is 0.899. The van der Waals surface area contributed by atoms with Gasteiger partial charge in [0.05, 0.1) is 6.10 Å². The molecule has 2 aromatic rings. The molecule has 0 aliphatic carbocycles. The van der Waals surface area contributed by atoms with Gasteiger partial charge >= 0.3 is 0 Å². The minimum atomic E-state index is 0.164. The normalized spacial score (nSPS) is 12.1. The van der Waals surface area contributed by atoms with Crippen LogP contribution in [0.3, 0.4) is 0 Å². The molecule has 0 aliphatic rings. The van der Waals surface area contributed by atoms with Gasteiger partial charge in [0.15, 0.2) is 0 Å². The van der Waals surface area contributed by atoms with Crippen LogP contribution in [0.2, 0.25) is 0 Å². The number of rotatable bonds is 5. The topological polar surface area (TPSA) is 35.2 Å². The van der Waals surface area contributed by atoms with E-state index in [0.29, 0.717) is 6.54 Å². The van der Waals surface area contributed by atoms with Crippen LogP contribution in [0.5, 0.6) is 5.75 Å². The van der Waals surface area contributed by atoms with Gasteiger partial charge in [-0.05, 0) is 43.1 Å². The lowest BCUT2D eigenvalue weighted by Crippen LogP contribution is -2.16. The van der Waals surface area contributed by atoms with Gasteiger partial charge in [-0.15, -0.1) is 0 Å². The van der Waals surface area contributed by atoms with Crippen LogP contribution in [0, 0.1) is 0 Å². The highest BCUT2D eigenvalue weighted by atomic mass is 16.5. The molecule has 0 bridgehead atoms. The van der Waals surface area contributed by atoms with Crippen molar-refractivity contribution in [3.8, 4) is 16.9 Å². The van der Waals surface area contributed by atoms with E-state index in [-0.39, 0.29) is 6.10 Å². The Morgan fingerprint density at radius 3 is 2.17 bits per heavy atom. The first-order valence-electron chi connectivity index (χ1n) is 6.32. The molecule has 1 atom stereocenters. The van der Waals surface area contributed by atoms with E-state index in [1.165, 1.54) is 11.1 Å². The first kappa shape index (κ1) is 12.7. The second-order valence-corrected chi connectivity index (χ2v) is 4.40. The average Bonchev–Trinajstić information content (AvgIpc) is 2.41. The summed E-state index contributed by atoms with van der Waals surface area (Å²) in [5.41, 5.74) is 7.93. The van der Waals surface area contributed by atoms with E-state index in [1.807, 2.05) is 37.3 Å². The van der Waals surface area contributed by atoms with E-state index in [0.717, 1.165) is 12.2 Å². The number of ether oxygens (including phenoxy) is 1. The second-order valence-electron chi connectivity index (χ2n) is 4.40. The van der Waals surface area contributed by atoms with Gasteiger partial charge in [0.25, 0.3) is 0 Å². The van der Waals surface area contributed by atoms with E-state index in [1.54, 1.807) is 0 Å². The Morgan fingerprint density at radius 2 is 1.56 bits per heavy atom. The summed E-state index contributed by atoms with van der Waals surface area (Å²) in [6.07, 6.45) is 1.04. The van der Waals surface area contributed by atoms with E-state index >= 15 is 0 Å². The molecular formula is C16H19NO. The SMILES string of the molecule is CC(CCN)Oc1ccc(-c2ccccc2)cc1. The molecule has 0 aliphatic heterocycles. The fourth-order valence-electron chi connectivity index (χ4n) is 1.88. The van der Waals surface area contributed by atoms with E-state index in [2.05, 4.69) is 24.3 Å². The highest BCUT2D eigenvalue weighted by molar-refractivity contribution is 5.63. The summed E-state index contributed by atoms with van der Waals surface area (Å²) in [7, 11) is 0. The van der Waals surface area contributed by atoms with Gasteiger partial charge in [0.1, 0.15) is 5.75 Å². The van der Waals surface area contributed by atoms with Crippen LogP contribution in [0.25, 0.3) is 11.1 Å². The molecule has 0 saturated carbocycles. The molecule has 94 valence electrons. The Kier molecular flexibility index (Phi) is 4.37. The maximum atomic E-state index is 5.77. The number of hydrogen-bond acceptors (Lipinski definition) is 2. The molecule has 1 unspecified atom stereocenters. The summed E-state index contributed by atoms with van der Waals surface area (Å²) in [6, 6.07) is 18.5. The van der Waals surface area contributed by atoms with Gasteiger partial charge in [-0.3, -0.25) is 0 Å². The number of nitrogens with two attached hydrogens (primary N) is 1. The van der Waals surface area contributed by atoms with Crippen molar-refractivity contribution < 1.29 is 4.74 Å². The molecule has 2 rings (SSSR count). The summed E-state index contributed by atoms with van der Waals surface area (Å²) < 4.78 is 5.77. The monoisotopic (exact) mass is 241 g/mol. The zero-order valence-corrected chi connectivity index (χ0v) is 10.7. The second kappa shape index (κ2) is 6.22. The third kappa shape index (κ3) is 3.34. The molecule has 0 spiro atoms. The molecule has 0 heterocycles. The average molecular weight is 241 g/mol. The van der Waals surface area contributed by atoms with Gasteiger partial charge < -0.3 is 10.5 Å². The molecule has 0 fully saturated rings. The third-order valence-electron chi connectivity index (χ3n) is 2.87. The van der Waals surface area contributed by atoms with Gasteiger partial charge in [-0.25, -0.2) is 0 Å². The van der Waals surface area contributed by atoms with Crippen LogP contribution in [-0.4, -0.2) is 12.6 Å². The molecule has 2 N–H and O–H groups in total. The van der Waals surface area contributed by atoms with Gasteiger partial charge in [-0.2, -0.15) is 0 Å².